The molecule has 12 aromatic rings. The molecule has 0 N–H and O–H groups in total. The van der Waals surface area contributed by atoms with Gasteiger partial charge in [-0.05, 0) is 66.2 Å². The van der Waals surface area contributed by atoms with Crippen LogP contribution >= 0.6 is 0 Å². The van der Waals surface area contributed by atoms with Gasteiger partial charge in [0.05, 0.1) is 50.6 Å². The summed E-state index contributed by atoms with van der Waals surface area (Å²) >= 11 is 0. The number of halogens is 3. The smallest absolute Gasteiger partial charge is 0.417 e. The first-order chi connectivity index (χ1) is 29.3. The lowest BCUT2D eigenvalue weighted by Gasteiger charge is -2.20. The van der Waals surface area contributed by atoms with Crippen LogP contribution in [0.3, 0.4) is 0 Å². The quantitative estimate of drug-likeness (QED) is 0.179. The molecule has 0 aliphatic rings. The summed E-state index contributed by atoms with van der Waals surface area (Å²) in [7, 11) is 0. The fraction of sp³-hybridized carbons (Fsp3) is 0.0196. The molecule has 12 rings (SSSR count). The summed E-state index contributed by atoms with van der Waals surface area (Å²) in [6, 6.07) is 50.4. The lowest BCUT2D eigenvalue weighted by atomic mass is 9.92. The zero-order valence-electron chi connectivity index (χ0n) is 31.2. The number of hydrogen-bond acceptors (Lipinski definition) is 4. The van der Waals surface area contributed by atoms with E-state index in [0.717, 1.165) is 49.2 Å². The molecule has 0 aliphatic carbocycles. The average molecular weight is 783 g/mol. The third kappa shape index (κ3) is 4.51. The van der Waals surface area contributed by atoms with Crippen LogP contribution in [0.4, 0.5) is 13.2 Å². The van der Waals surface area contributed by atoms with E-state index in [4.69, 9.17) is 8.83 Å². The number of para-hydroxylation sites is 4. The van der Waals surface area contributed by atoms with E-state index < -0.39 is 11.7 Å². The SMILES string of the molecule is N#Cc1cccc(C(F)(F)F)c1-c1cc(-n2c3ccccc3c3ccc4c5ccccc5oc4c32)c(C#N)c(-n2c3ccccc3c3ccc4c5ccccc5oc4c32)c1. The highest BCUT2D eigenvalue weighted by Crippen LogP contribution is 2.47. The molecule has 6 nitrogen and oxygen atoms in total. The van der Waals surface area contributed by atoms with E-state index in [9.17, 15) is 10.5 Å². The van der Waals surface area contributed by atoms with E-state index in [-0.39, 0.29) is 22.3 Å². The second-order valence-corrected chi connectivity index (χ2v) is 14.9. The molecule has 0 saturated carbocycles. The molecule has 0 radical (unpaired) electrons. The normalized spacial score (nSPS) is 12.2. The highest BCUT2D eigenvalue weighted by atomic mass is 19.4. The third-order valence-corrected chi connectivity index (χ3v) is 11.8. The maximum atomic E-state index is 15.1. The minimum atomic E-state index is -4.81. The molecular weight excluding hydrogens is 758 g/mol. The molecule has 8 aromatic carbocycles. The number of hydrogen-bond donors (Lipinski definition) is 0. The Morgan fingerprint density at radius 2 is 0.933 bits per heavy atom. The Bertz CT molecular complexity index is 3710. The number of rotatable bonds is 3. The van der Waals surface area contributed by atoms with E-state index in [0.29, 0.717) is 55.8 Å². The van der Waals surface area contributed by atoms with Gasteiger partial charge < -0.3 is 18.0 Å². The third-order valence-electron chi connectivity index (χ3n) is 11.8. The first-order valence-corrected chi connectivity index (χ1v) is 19.2. The van der Waals surface area contributed by atoms with Gasteiger partial charge in [-0.2, -0.15) is 23.7 Å². The van der Waals surface area contributed by atoms with Crippen LogP contribution in [0.1, 0.15) is 16.7 Å². The summed E-state index contributed by atoms with van der Waals surface area (Å²) in [6.45, 7) is 0. The average Bonchev–Trinajstić information content (AvgIpc) is 4.03. The number of nitriles is 2. The van der Waals surface area contributed by atoms with Crippen molar-refractivity contribution in [3.63, 3.8) is 0 Å². The molecule has 0 unspecified atom stereocenters. The molecule has 0 spiro atoms. The van der Waals surface area contributed by atoms with Crippen LogP contribution in [0.15, 0.2) is 160 Å². The number of aromatic nitrogens is 2. The summed E-state index contributed by atoms with van der Waals surface area (Å²) < 4.78 is 62.5. The van der Waals surface area contributed by atoms with Crippen molar-refractivity contribution >= 4 is 87.5 Å². The summed E-state index contributed by atoms with van der Waals surface area (Å²) in [5, 5.41) is 28.8. The molecule has 0 atom stereocenters. The second-order valence-electron chi connectivity index (χ2n) is 14.9. The van der Waals surface area contributed by atoms with Crippen LogP contribution in [-0.2, 0) is 6.18 Å². The Morgan fingerprint density at radius 1 is 0.467 bits per heavy atom. The van der Waals surface area contributed by atoms with Crippen molar-refractivity contribution in [1.29, 1.82) is 10.5 Å². The molecular formula is C51H25F3N4O2. The van der Waals surface area contributed by atoms with Crippen molar-refractivity contribution in [2.45, 2.75) is 6.18 Å². The van der Waals surface area contributed by atoms with E-state index in [1.165, 1.54) is 12.1 Å². The van der Waals surface area contributed by atoms with E-state index in [2.05, 4.69) is 6.07 Å². The first-order valence-electron chi connectivity index (χ1n) is 19.2. The highest BCUT2D eigenvalue weighted by molar-refractivity contribution is 6.23. The number of nitrogens with zero attached hydrogens (tertiary/aromatic N) is 4. The molecule has 0 fully saturated rings. The predicted molar refractivity (Wildman–Crippen MR) is 230 cm³/mol. The summed E-state index contributed by atoms with van der Waals surface area (Å²) in [5.41, 5.74) is 4.71. The lowest BCUT2D eigenvalue weighted by molar-refractivity contribution is -0.137. The van der Waals surface area contributed by atoms with Crippen molar-refractivity contribution in [3.8, 4) is 34.6 Å². The van der Waals surface area contributed by atoms with Gasteiger partial charge in [-0.3, -0.25) is 0 Å². The molecule has 0 aliphatic heterocycles. The Balaban J connectivity index is 1.32. The monoisotopic (exact) mass is 782 g/mol. The summed E-state index contributed by atoms with van der Waals surface area (Å²) in [4.78, 5) is 0. The zero-order chi connectivity index (χ0) is 40.4. The van der Waals surface area contributed by atoms with Crippen molar-refractivity contribution < 1.29 is 22.0 Å². The maximum absolute atomic E-state index is 15.1. The predicted octanol–water partition coefficient (Wildman–Crippen LogP) is 14.1. The van der Waals surface area contributed by atoms with E-state index in [1.54, 1.807) is 12.1 Å². The number of fused-ring (bicyclic) bond motifs is 14. The highest BCUT2D eigenvalue weighted by Gasteiger charge is 2.36. The first kappa shape index (κ1) is 33.8. The van der Waals surface area contributed by atoms with E-state index >= 15 is 13.2 Å². The Hall–Kier alpha value is -8.27. The van der Waals surface area contributed by atoms with Gasteiger partial charge in [-0.1, -0.05) is 91.0 Å². The number of alkyl halides is 3. The Kier molecular flexibility index (Phi) is 6.84. The van der Waals surface area contributed by atoms with Crippen LogP contribution in [0, 0.1) is 22.7 Å². The standard InChI is InChI=1S/C51H25F3N4O2/c52-51(53,54)39-15-9-10-28(26-55)46(39)29-24-42(57-40-16-5-1-11-30(40)34-20-22-36-32-13-3-7-18-44(32)59-49(36)47(34)57)38(27-56)43(25-29)58-41-17-6-2-12-31(41)35-21-23-37-33-14-4-8-19-45(33)60-50(37)48(35)58/h1-25H. The van der Waals surface area contributed by atoms with Gasteiger partial charge in [0, 0.05) is 48.7 Å². The topological polar surface area (TPSA) is 83.7 Å². The van der Waals surface area contributed by atoms with Crippen LogP contribution < -0.4 is 0 Å². The van der Waals surface area contributed by atoms with Crippen molar-refractivity contribution in [2.24, 2.45) is 0 Å². The Morgan fingerprint density at radius 3 is 1.42 bits per heavy atom. The number of benzene rings is 8. The van der Waals surface area contributed by atoms with E-state index in [1.807, 2.05) is 137 Å². The largest absolute Gasteiger partial charge is 0.454 e. The van der Waals surface area contributed by atoms with Crippen molar-refractivity contribution in [3.05, 3.63) is 168 Å². The molecule has 282 valence electrons. The van der Waals surface area contributed by atoms with Crippen LogP contribution in [0.25, 0.3) is 110 Å². The van der Waals surface area contributed by atoms with Gasteiger partial charge in [0.1, 0.15) is 22.8 Å². The van der Waals surface area contributed by atoms with Gasteiger partial charge in [0.2, 0.25) is 0 Å². The second kappa shape index (κ2) is 12.1. The zero-order valence-corrected chi connectivity index (χ0v) is 31.2. The molecule has 4 heterocycles. The molecule has 0 bridgehead atoms. The maximum Gasteiger partial charge on any atom is 0.417 e. The molecule has 60 heavy (non-hydrogen) atoms. The van der Waals surface area contributed by atoms with Crippen molar-refractivity contribution in [2.75, 3.05) is 0 Å². The minimum absolute atomic E-state index is 0.105. The van der Waals surface area contributed by atoms with Gasteiger partial charge in [-0.25, -0.2) is 0 Å². The molecule has 0 amide bonds. The van der Waals surface area contributed by atoms with Crippen molar-refractivity contribution in [1.82, 2.24) is 9.13 Å². The number of furan rings is 2. The molecule has 0 saturated heterocycles. The fourth-order valence-electron chi connectivity index (χ4n) is 9.38. The summed E-state index contributed by atoms with van der Waals surface area (Å²) in [6.07, 6.45) is -4.81. The summed E-state index contributed by atoms with van der Waals surface area (Å²) in [5.74, 6) is 0. The van der Waals surface area contributed by atoms with Gasteiger partial charge >= 0.3 is 6.18 Å². The molecule has 9 heteroatoms. The van der Waals surface area contributed by atoms with Gasteiger partial charge in [-0.15, -0.1) is 0 Å². The fourth-order valence-corrected chi connectivity index (χ4v) is 9.38. The lowest BCUT2D eigenvalue weighted by Crippen LogP contribution is -2.10. The van der Waals surface area contributed by atoms with Crippen LogP contribution in [0.5, 0.6) is 0 Å². The minimum Gasteiger partial charge on any atom is -0.454 e. The molecule has 4 aromatic heterocycles. The van der Waals surface area contributed by atoms with Gasteiger partial charge in [0.15, 0.2) is 11.2 Å². The van der Waals surface area contributed by atoms with Crippen LogP contribution in [0.2, 0.25) is 0 Å². The van der Waals surface area contributed by atoms with Gasteiger partial charge in [0.25, 0.3) is 0 Å². The van der Waals surface area contributed by atoms with Crippen LogP contribution in [-0.4, -0.2) is 9.13 Å². The Labute approximate surface area is 337 Å².